The Morgan fingerprint density at radius 2 is 1.68 bits per heavy atom. The molecule has 0 atom stereocenters. The van der Waals surface area contributed by atoms with Crippen LogP contribution in [0.1, 0.15) is 35.4 Å². The maximum absolute atomic E-state index is 12.8. The highest BCUT2D eigenvalue weighted by atomic mass is 19.4. The van der Waals surface area contributed by atoms with Crippen LogP contribution in [0.15, 0.2) is 48.5 Å². The number of hydrogen-bond donors (Lipinski definition) is 0. The maximum Gasteiger partial charge on any atom is 0.416 e. The van der Waals surface area contributed by atoms with Crippen molar-refractivity contribution in [1.82, 2.24) is 24.6 Å². The van der Waals surface area contributed by atoms with Gasteiger partial charge in [-0.2, -0.15) is 18.3 Å². The fourth-order valence-electron chi connectivity index (χ4n) is 4.91. The van der Waals surface area contributed by atoms with E-state index in [0.717, 1.165) is 43.6 Å². The van der Waals surface area contributed by atoms with Crippen molar-refractivity contribution in [1.29, 1.82) is 0 Å². The number of aryl methyl sites for hydroxylation is 1. The number of hydrogen-bond acceptors (Lipinski definition) is 4. The molecule has 1 saturated heterocycles. The van der Waals surface area contributed by atoms with E-state index in [1.54, 1.807) is 11.7 Å². The number of aromatic nitrogens is 3. The van der Waals surface area contributed by atoms with Crippen molar-refractivity contribution in [3.05, 3.63) is 71.0 Å². The standard InChI is InChI=1S/C25H26F3N5O/c1-31-24(17-6-8-20(9-7-17)25(26,27)28)29-22(30-31)16-32-12-10-21(11-13-32)33-15-19-5-3-2-4-18(19)14-23(33)34/h2-9,21H,10-16H2,1H3. The van der Waals surface area contributed by atoms with Crippen LogP contribution < -0.4 is 0 Å². The zero-order valence-corrected chi connectivity index (χ0v) is 18.9. The average molecular weight is 470 g/mol. The van der Waals surface area contributed by atoms with E-state index in [9.17, 15) is 18.0 Å². The number of alkyl halides is 3. The van der Waals surface area contributed by atoms with Crippen LogP contribution in [0, 0.1) is 0 Å². The Morgan fingerprint density at radius 3 is 2.35 bits per heavy atom. The van der Waals surface area contributed by atoms with Crippen LogP contribution in [-0.2, 0) is 37.5 Å². The predicted molar refractivity (Wildman–Crippen MR) is 120 cm³/mol. The summed E-state index contributed by atoms with van der Waals surface area (Å²) in [5, 5.41) is 4.48. The molecule has 0 aliphatic carbocycles. The Labute approximate surface area is 196 Å². The van der Waals surface area contributed by atoms with Gasteiger partial charge < -0.3 is 4.90 Å². The van der Waals surface area contributed by atoms with Crippen LogP contribution in [-0.4, -0.2) is 49.6 Å². The van der Waals surface area contributed by atoms with Crippen molar-refractivity contribution in [2.45, 2.75) is 44.6 Å². The normalized spacial score (nSPS) is 17.8. The van der Waals surface area contributed by atoms with Crippen molar-refractivity contribution >= 4 is 5.91 Å². The van der Waals surface area contributed by atoms with Gasteiger partial charge in [0.15, 0.2) is 11.6 Å². The van der Waals surface area contributed by atoms with Crippen molar-refractivity contribution < 1.29 is 18.0 Å². The first-order valence-electron chi connectivity index (χ1n) is 11.4. The average Bonchev–Trinajstić information content (AvgIpc) is 3.18. The lowest BCUT2D eigenvalue weighted by molar-refractivity contribution is -0.137. The highest BCUT2D eigenvalue weighted by Gasteiger charge is 2.32. The minimum Gasteiger partial charge on any atom is -0.335 e. The van der Waals surface area contributed by atoms with E-state index in [4.69, 9.17) is 0 Å². The topological polar surface area (TPSA) is 54.3 Å². The second-order valence-corrected chi connectivity index (χ2v) is 9.02. The Morgan fingerprint density at radius 1 is 1.00 bits per heavy atom. The monoisotopic (exact) mass is 469 g/mol. The van der Waals surface area contributed by atoms with Crippen LogP contribution in [0.4, 0.5) is 13.2 Å². The minimum absolute atomic E-state index is 0.199. The molecule has 1 aromatic heterocycles. The molecule has 0 N–H and O–H groups in total. The number of nitrogens with zero attached hydrogens (tertiary/aromatic N) is 5. The summed E-state index contributed by atoms with van der Waals surface area (Å²) in [7, 11) is 1.75. The largest absolute Gasteiger partial charge is 0.416 e. The summed E-state index contributed by atoms with van der Waals surface area (Å²) in [6, 6.07) is 13.4. The number of likely N-dealkylation sites (tertiary alicyclic amines) is 1. The maximum atomic E-state index is 12.8. The lowest BCUT2D eigenvalue weighted by atomic mass is 9.95. The third kappa shape index (κ3) is 4.57. The highest BCUT2D eigenvalue weighted by molar-refractivity contribution is 5.81. The lowest BCUT2D eigenvalue weighted by Crippen LogP contribution is -2.48. The van der Waals surface area contributed by atoms with E-state index >= 15 is 0 Å². The number of piperidine rings is 1. The van der Waals surface area contributed by atoms with Crippen molar-refractivity contribution in [2.24, 2.45) is 7.05 Å². The van der Waals surface area contributed by atoms with E-state index in [1.165, 1.54) is 17.7 Å². The van der Waals surface area contributed by atoms with E-state index in [1.807, 2.05) is 23.1 Å². The van der Waals surface area contributed by atoms with Gasteiger partial charge in [-0.25, -0.2) is 9.67 Å². The predicted octanol–water partition coefficient (Wildman–Crippen LogP) is 4.05. The van der Waals surface area contributed by atoms with Gasteiger partial charge in [-0.15, -0.1) is 0 Å². The van der Waals surface area contributed by atoms with Gasteiger partial charge in [-0.1, -0.05) is 36.4 Å². The molecular formula is C25H26F3N5O. The van der Waals surface area contributed by atoms with Crippen LogP contribution in [0.3, 0.4) is 0 Å². The summed E-state index contributed by atoms with van der Waals surface area (Å²) in [5.41, 5.74) is 2.28. The molecule has 3 aromatic rings. The SMILES string of the molecule is Cn1nc(CN2CCC(N3Cc4ccccc4CC3=O)CC2)nc1-c1ccc(C(F)(F)F)cc1. The van der Waals surface area contributed by atoms with Crippen molar-refractivity contribution in [3.63, 3.8) is 0 Å². The Kier molecular flexibility index (Phi) is 5.89. The molecule has 5 rings (SSSR count). The first-order valence-corrected chi connectivity index (χ1v) is 11.4. The third-order valence-corrected chi connectivity index (χ3v) is 6.76. The second-order valence-electron chi connectivity index (χ2n) is 9.02. The van der Waals surface area contributed by atoms with Crippen LogP contribution in [0.2, 0.25) is 0 Å². The van der Waals surface area contributed by atoms with Gasteiger partial charge in [0, 0.05) is 38.3 Å². The Bertz CT molecular complexity index is 1180. The Balaban J connectivity index is 1.20. The minimum atomic E-state index is -4.36. The summed E-state index contributed by atoms with van der Waals surface area (Å²) in [4.78, 5) is 21.6. The molecule has 2 aliphatic heterocycles. The van der Waals surface area contributed by atoms with E-state index in [-0.39, 0.29) is 11.9 Å². The Hall–Kier alpha value is -3.20. The van der Waals surface area contributed by atoms with Crippen LogP contribution >= 0.6 is 0 Å². The molecule has 34 heavy (non-hydrogen) atoms. The smallest absolute Gasteiger partial charge is 0.335 e. The summed E-state index contributed by atoms with van der Waals surface area (Å²) in [5.74, 6) is 1.37. The van der Waals surface area contributed by atoms with Gasteiger partial charge in [0.1, 0.15) is 0 Å². The summed E-state index contributed by atoms with van der Waals surface area (Å²) >= 11 is 0. The number of rotatable bonds is 4. The third-order valence-electron chi connectivity index (χ3n) is 6.76. The molecule has 3 heterocycles. The number of fused-ring (bicyclic) bond motifs is 1. The van der Waals surface area contributed by atoms with E-state index in [2.05, 4.69) is 21.0 Å². The molecule has 0 saturated carbocycles. The molecule has 0 spiro atoms. The number of halogens is 3. The van der Waals surface area contributed by atoms with Gasteiger partial charge in [-0.05, 0) is 36.1 Å². The molecule has 178 valence electrons. The first-order chi connectivity index (χ1) is 16.3. The van der Waals surface area contributed by atoms with E-state index < -0.39 is 11.7 Å². The molecule has 6 nitrogen and oxygen atoms in total. The molecule has 2 aliphatic rings. The quantitative estimate of drug-likeness (QED) is 0.579. The van der Waals surface area contributed by atoms with Gasteiger partial charge in [0.25, 0.3) is 0 Å². The summed E-state index contributed by atoms with van der Waals surface area (Å²) < 4.78 is 40.1. The molecule has 1 amide bonds. The zero-order valence-electron chi connectivity index (χ0n) is 18.9. The number of carbonyl (C=O) groups excluding carboxylic acids is 1. The molecule has 1 fully saturated rings. The van der Waals surface area contributed by atoms with Crippen LogP contribution in [0.5, 0.6) is 0 Å². The van der Waals surface area contributed by atoms with Crippen molar-refractivity contribution in [3.8, 4) is 11.4 Å². The number of amides is 1. The van der Waals surface area contributed by atoms with Gasteiger partial charge in [0.05, 0.1) is 18.5 Å². The second kappa shape index (κ2) is 8.87. The number of benzene rings is 2. The highest BCUT2D eigenvalue weighted by Crippen LogP contribution is 2.31. The molecule has 2 aromatic carbocycles. The summed E-state index contributed by atoms with van der Waals surface area (Å²) in [6.07, 6.45) is -2.10. The van der Waals surface area contributed by atoms with Crippen LogP contribution in [0.25, 0.3) is 11.4 Å². The van der Waals surface area contributed by atoms with Gasteiger partial charge in [-0.3, -0.25) is 9.69 Å². The van der Waals surface area contributed by atoms with Crippen molar-refractivity contribution in [2.75, 3.05) is 13.1 Å². The fraction of sp³-hybridized carbons (Fsp3) is 0.400. The number of carbonyl (C=O) groups is 1. The zero-order chi connectivity index (χ0) is 23.9. The molecule has 0 bridgehead atoms. The van der Waals surface area contributed by atoms with E-state index in [0.29, 0.717) is 36.7 Å². The fourth-order valence-corrected chi connectivity index (χ4v) is 4.91. The molecule has 0 unspecified atom stereocenters. The molecule has 0 radical (unpaired) electrons. The first kappa shape index (κ1) is 22.6. The van der Waals surface area contributed by atoms with Gasteiger partial charge in [0.2, 0.25) is 5.91 Å². The molecule has 9 heteroatoms. The molecular weight excluding hydrogens is 443 g/mol. The summed E-state index contributed by atoms with van der Waals surface area (Å²) in [6.45, 7) is 2.92. The lowest BCUT2D eigenvalue weighted by Gasteiger charge is -2.40. The van der Waals surface area contributed by atoms with Gasteiger partial charge >= 0.3 is 6.18 Å².